The van der Waals surface area contributed by atoms with E-state index in [1.54, 1.807) is 10.7 Å². The van der Waals surface area contributed by atoms with Gasteiger partial charge in [0, 0.05) is 30.4 Å². The molecule has 1 aliphatic rings. The summed E-state index contributed by atoms with van der Waals surface area (Å²) in [6.45, 7) is -2.51. The van der Waals surface area contributed by atoms with E-state index in [9.17, 15) is 8.78 Å². The number of rotatable bonds is 2. The molecule has 0 spiro atoms. The molecule has 0 aromatic carbocycles. The average molecular weight is 312 g/mol. The number of hydrogen-bond acceptors (Lipinski definition) is 3. The van der Waals surface area contributed by atoms with Gasteiger partial charge in [0.2, 0.25) is 0 Å². The molecule has 8 heteroatoms. The molecule has 3 heterocycles. The van der Waals surface area contributed by atoms with E-state index in [0.29, 0.717) is 15.8 Å². The van der Waals surface area contributed by atoms with Gasteiger partial charge in [-0.05, 0) is 30.9 Å². The van der Waals surface area contributed by atoms with Crippen LogP contribution in [-0.4, -0.2) is 24.4 Å². The largest absolute Gasteiger partial charge is 0.333 e. The zero-order valence-electron chi connectivity index (χ0n) is 10.9. The predicted molar refractivity (Wildman–Crippen MR) is 73.5 cm³/mol. The molecule has 3 aromatic rings. The Hall–Kier alpha value is -2.02. The zero-order chi connectivity index (χ0) is 14.8. The molecule has 4 rings (SSSR count). The number of fused-ring (bicyclic) bond motifs is 1. The molecule has 0 N–H and O–H groups in total. The molecule has 0 bridgehead atoms. The second-order valence-electron chi connectivity index (χ2n) is 4.66. The quantitative estimate of drug-likeness (QED) is 0.727. The Bertz CT molecular complexity index is 721. The van der Waals surface area contributed by atoms with E-state index in [2.05, 4.69) is 15.2 Å². The van der Waals surface area contributed by atoms with Crippen molar-refractivity contribution in [1.29, 1.82) is 0 Å². The van der Waals surface area contributed by atoms with Crippen LogP contribution in [0.15, 0.2) is 36.9 Å². The fourth-order valence-corrected chi connectivity index (χ4v) is 2.20. The van der Waals surface area contributed by atoms with Crippen LogP contribution < -0.4 is 0 Å². The standard InChI is InChI=1S/C9H8ClN3.C4H4F2N2/c10-8-5-7(6-1-2-6)9-11-3-4-13(9)12-8;5-4(6)8-3-1-2-7-8/h3-6H,1-2H2;1-4H. The van der Waals surface area contributed by atoms with E-state index in [1.165, 1.54) is 36.9 Å². The lowest BCUT2D eigenvalue weighted by atomic mass is 10.2. The van der Waals surface area contributed by atoms with Gasteiger partial charge in [0.15, 0.2) is 5.65 Å². The lowest BCUT2D eigenvalue weighted by Gasteiger charge is -2.00. The first kappa shape index (κ1) is 13.9. The highest BCUT2D eigenvalue weighted by Gasteiger charge is 2.26. The summed E-state index contributed by atoms with van der Waals surface area (Å²) < 4.78 is 25.3. The van der Waals surface area contributed by atoms with Crippen molar-refractivity contribution in [2.24, 2.45) is 0 Å². The normalized spacial score (nSPS) is 14.3. The molecular formula is C13H12ClF2N5. The van der Waals surface area contributed by atoms with Crippen LogP contribution in [0.5, 0.6) is 0 Å². The van der Waals surface area contributed by atoms with Crippen LogP contribution >= 0.6 is 11.6 Å². The van der Waals surface area contributed by atoms with Crippen molar-refractivity contribution >= 4 is 17.2 Å². The average Bonchev–Trinajstić information content (AvgIpc) is 2.96. The SMILES string of the molecule is Clc1cc(C2CC2)c2nccn2n1.FC(F)n1cccn1. The minimum Gasteiger partial charge on any atom is -0.235 e. The summed E-state index contributed by atoms with van der Waals surface area (Å²) >= 11 is 5.89. The third kappa shape index (κ3) is 3.18. The molecule has 1 aliphatic carbocycles. The van der Waals surface area contributed by atoms with Gasteiger partial charge in [-0.25, -0.2) is 14.2 Å². The third-order valence-electron chi connectivity index (χ3n) is 3.10. The van der Waals surface area contributed by atoms with E-state index in [1.807, 2.05) is 12.3 Å². The first-order chi connectivity index (χ1) is 10.1. The minimum atomic E-state index is -2.51. The lowest BCUT2D eigenvalue weighted by molar-refractivity contribution is 0.0566. The molecule has 5 nitrogen and oxygen atoms in total. The molecule has 0 amide bonds. The van der Waals surface area contributed by atoms with E-state index in [0.717, 1.165) is 5.65 Å². The van der Waals surface area contributed by atoms with E-state index in [4.69, 9.17) is 11.6 Å². The Morgan fingerprint density at radius 3 is 2.62 bits per heavy atom. The lowest BCUT2D eigenvalue weighted by Crippen LogP contribution is -1.96. The van der Waals surface area contributed by atoms with Crippen molar-refractivity contribution in [2.75, 3.05) is 0 Å². The van der Waals surface area contributed by atoms with Gasteiger partial charge in [0.25, 0.3) is 0 Å². The first-order valence-electron chi connectivity index (χ1n) is 6.42. The Labute approximate surface area is 124 Å². The second-order valence-corrected chi connectivity index (χ2v) is 5.04. The van der Waals surface area contributed by atoms with Crippen molar-refractivity contribution in [1.82, 2.24) is 24.4 Å². The minimum absolute atomic E-state index is 0.549. The summed E-state index contributed by atoms with van der Waals surface area (Å²) in [6.07, 6.45) is 8.61. The Morgan fingerprint density at radius 1 is 1.24 bits per heavy atom. The number of hydrogen-bond donors (Lipinski definition) is 0. The fraction of sp³-hybridized carbons (Fsp3) is 0.308. The maximum atomic E-state index is 11.5. The summed E-state index contributed by atoms with van der Waals surface area (Å²) in [5.74, 6) is 0.658. The number of nitrogens with zero attached hydrogens (tertiary/aromatic N) is 5. The van der Waals surface area contributed by atoms with Crippen LogP contribution in [0, 0.1) is 0 Å². The zero-order valence-corrected chi connectivity index (χ0v) is 11.7. The molecular weight excluding hydrogens is 300 g/mol. The molecule has 0 unspecified atom stereocenters. The first-order valence-corrected chi connectivity index (χ1v) is 6.80. The molecule has 21 heavy (non-hydrogen) atoms. The van der Waals surface area contributed by atoms with E-state index >= 15 is 0 Å². The van der Waals surface area contributed by atoms with Crippen molar-refractivity contribution in [3.8, 4) is 0 Å². The van der Waals surface area contributed by atoms with Gasteiger partial charge in [-0.1, -0.05) is 11.6 Å². The van der Waals surface area contributed by atoms with Gasteiger partial charge in [-0.3, -0.25) is 0 Å². The number of imidazole rings is 1. The van der Waals surface area contributed by atoms with E-state index < -0.39 is 6.55 Å². The van der Waals surface area contributed by atoms with Gasteiger partial charge >= 0.3 is 6.55 Å². The highest BCUT2D eigenvalue weighted by Crippen LogP contribution is 2.41. The van der Waals surface area contributed by atoms with Crippen LogP contribution in [-0.2, 0) is 0 Å². The molecule has 3 aromatic heterocycles. The Morgan fingerprint density at radius 2 is 2.05 bits per heavy atom. The molecule has 110 valence electrons. The van der Waals surface area contributed by atoms with Crippen molar-refractivity contribution in [3.63, 3.8) is 0 Å². The summed E-state index contributed by atoms with van der Waals surface area (Å²) in [4.78, 5) is 4.26. The summed E-state index contributed by atoms with van der Waals surface area (Å²) in [6, 6.07) is 3.38. The van der Waals surface area contributed by atoms with Crippen molar-refractivity contribution < 1.29 is 8.78 Å². The van der Waals surface area contributed by atoms with Crippen LogP contribution in [0.1, 0.15) is 30.9 Å². The number of alkyl halides is 2. The smallest absolute Gasteiger partial charge is 0.235 e. The topological polar surface area (TPSA) is 48.0 Å². The summed E-state index contributed by atoms with van der Waals surface area (Å²) in [7, 11) is 0. The summed E-state index contributed by atoms with van der Waals surface area (Å²) in [5.41, 5.74) is 2.19. The van der Waals surface area contributed by atoms with Gasteiger partial charge in [-0.15, -0.1) is 0 Å². The molecule has 0 radical (unpaired) electrons. The van der Waals surface area contributed by atoms with E-state index in [-0.39, 0.29) is 0 Å². The Balaban J connectivity index is 0.000000143. The number of aromatic nitrogens is 5. The van der Waals surface area contributed by atoms with Crippen LogP contribution in [0.4, 0.5) is 8.78 Å². The molecule has 0 atom stereocenters. The third-order valence-corrected chi connectivity index (χ3v) is 3.28. The molecule has 1 fully saturated rings. The molecule has 1 saturated carbocycles. The highest BCUT2D eigenvalue weighted by molar-refractivity contribution is 6.29. The van der Waals surface area contributed by atoms with Gasteiger partial charge in [0.1, 0.15) is 5.15 Å². The van der Waals surface area contributed by atoms with Crippen LogP contribution in [0.3, 0.4) is 0 Å². The van der Waals surface area contributed by atoms with Gasteiger partial charge < -0.3 is 0 Å². The fourth-order valence-electron chi connectivity index (χ4n) is 2.00. The second kappa shape index (κ2) is 5.77. The van der Waals surface area contributed by atoms with Gasteiger partial charge in [0.05, 0.1) is 0 Å². The predicted octanol–water partition coefficient (Wildman–Crippen LogP) is 3.54. The Kier molecular flexibility index (Phi) is 3.83. The molecule has 0 saturated heterocycles. The molecule has 0 aliphatic heterocycles. The maximum Gasteiger partial charge on any atom is 0.333 e. The van der Waals surface area contributed by atoms with Gasteiger partial charge in [-0.2, -0.15) is 19.0 Å². The maximum absolute atomic E-state index is 11.5. The van der Waals surface area contributed by atoms with Crippen LogP contribution in [0.2, 0.25) is 5.15 Å². The number of halogens is 3. The highest BCUT2D eigenvalue weighted by atomic mass is 35.5. The van der Waals surface area contributed by atoms with Crippen molar-refractivity contribution in [2.45, 2.75) is 25.3 Å². The monoisotopic (exact) mass is 311 g/mol. The van der Waals surface area contributed by atoms with Crippen LogP contribution in [0.25, 0.3) is 5.65 Å². The summed E-state index contributed by atoms with van der Waals surface area (Å²) in [5, 5.41) is 7.96. The van der Waals surface area contributed by atoms with Crippen molar-refractivity contribution in [3.05, 3.63) is 47.6 Å².